The number of hydrogen-bond donors (Lipinski definition) is 3. The van der Waals surface area contributed by atoms with E-state index in [1.54, 1.807) is 0 Å². The monoisotopic (exact) mass is 347 g/mol. The van der Waals surface area contributed by atoms with E-state index < -0.39 is 0 Å². The van der Waals surface area contributed by atoms with E-state index in [4.69, 9.17) is 4.74 Å². The number of ether oxygens (including phenoxy) is 1. The molecule has 0 aliphatic carbocycles. The molecule has 25 heavy (non-hydrogen) atoms. The van der Waals surface area contributed by atoms with Crippen LogP contribution in [0.2, 0.25) is 0 Å². The van der Waals surface area contributed by atoms with Gasteiger partial charge in [0.15, 0.2) is 0 Å². The molecule has 136 valence electrons. The molecule has 0 radical (unpaired) electrons. The van der Waals surface area contributed by atoms with E-state index in [-0.39, 0.29) is 5.69 Å². The van der Waals surface area contributed by atoms with Crippen LogP contribution >= 0.6 is 0 Å². The molecule has 2 aromatic heterocycles. The Labute approximate surface area is 145 Å². The van der Waals surface area contributed by atoms with E-state index in [1.807, 2.05) is 6.20 Å². The van der Waals surface area contributed by atoms with Crippen LogP contribution in [0.5, 0.6) is 0 Å². The molecule has 9 nitrogen and oxygen atoms in total. The Bertz CT molecular complexity index is 731. The van der Waals surface area contributed by atoms with Crippen LogP contribution in [0.15, 0.2) is 11.0 Å². The fraction of sp³-hybridized carbons (Fsp3) is 0.688. The molecular weight excluding hydrogens is 322 g/mol. The zero-order chi connectivity index (χ0) is 17.1. The van der Waals surface area contributed by atoms with Gasteiger partial charge in [-0.05, 0) is 19.4 Å². The van der Waals surface area contributed by atoms with E-state index in [2.05, 4.69) is 35.2 Å². The largest absolute Gasteiger partial charge is 0.379 e. The zero-order valence-corrected chi connectivity index (χ0v) is 14.3. The Hall–Kier alpha value is -1.97. The van der Waals surface area contributed by atoms with Gasteiger partial charge in [0.05, 0.1) is 26.0 Å². The first kappa shape index (κ1) is 16.5. The lowest BCUT2D eigenvalue weighted by atomic mass is 9.92. The smallest absolute Gasteiger partial charge is 0.340 e. The molecule has 9 heteroatoms. The lowest BCUT2D eigenvalue weighted by molar-refractivity contribution is 0.0339. The number of aromatic amines is 3. The van der Waals surface area contributed by atoms with Gasteiger partial charge in [0, 0.05) is 43.4 Å². The van der Waals surface area contributed by atoms with Crippen molar-refractivity contribution in [2.24, 2.45) is 0 Å². The zero-order valence-electron chi connectivity index (χ0n) is 14.3. The molecule has 1 unspecified atom stereocenters. The molecule has 4 rings (SSSR count). The van der Waals surface area contributed by atoms with E-state index in [9.17, 15) is 4.79 Å². The molecular formula is C16H25N7O2. The minimum absolute atomic E-state index is 0.245. The average Bonchev–Trinajstić information content (AvgIpc) is 3.25. The first-order valence-electron chi connectivity index (χ1n) is 8.96. The van der Waals surface area contributed by atoms with Gasteiger partial charge in [-0.25, -0.2) is 9.89 Å². The minimum atomic E-state index is -0.245. The number of morpholine rings is 1. The van der Waals surface area contributed by atoms with Crippen LogP contribution in [-0.2, 0) is 17.8 Å². The van der Waals surface area contributed by atoms with Gasteiger partial charge in [-0.1, -0.05) is 0 Å². The van der Waals surface area contributed by atoms with Crippen molar-refractivity contribution in [3.05, 3.63) is 33.8 Å². The predicted molar refractivity (Wildman–Crippen MR) is 91.1 cm³/mol. The van der Waals surface area contributed by atoms with Crippen molar-refractivity contribution >= 4 is 0 Å². The number of piperidine rings is 1. The molecule has 2 aromatic rings. The standard InChI is InChI=1S/C16H25N7O2/c24-16-18-14(19-21-16)11-23-3-1-2-12(9-23)15-13(8-17-20-15)10-22-4-6-25-7-5-22/h8,12H,1-7,9-11H2,(H,17,20)(H2,18,19,21,24). The maximum atomic E-state index is 11.2. The van der Waals surface area contributed by atoms with Gasteiger partial charge in [-0.3, -0.25) is 19.9 Å². The molecule has 0 amide bonds. The van der Waals surface area contributed by atoms with E-state index in [1.165, 1.54) is 11.3 Å². The summed E-state index contributed by atoms with van der Waals surface area (Å²) in [5.41, 5.74) is 2.30. The van der Waals surface area contributed by atoms with Crippen molar-refractivity contribution in [3.8, 4) is 0 Å². The summed E-state index contributed by atoms with van der Waals surface area (Å²) in [4.78, 5) is 18.7. The Morgan fingerprint density at radius 3 is 2.84 bits per heavy atom. The quantitative estimate of drug-likeness (QED) is 0.705. The highest BCUT2D eigenvalue weighted by Gasteiger charge is 2.26. The van der Waals surface area contributed by atoms with Crippen molar-refractivity contribution < 1.29 is 4.74 Å². The molecule has 0 bridgehead atoms. The molecule has 4 heterocycles. The third-order valence-corrected chi connectivity index (χ3v) is 5.09. The first-order chi connectivity index (χ1) is 12.3. The number of nitrogens with one attached hydrogen (secondary N) is 3. The first-order valence-corrected chi connectivity index (χ1v) is 8.96. The van der Waals surface area contributed by atoms with Crippen LogP contribution in [0.4, 0.5) is 0 Å². The molecule has 2 saturated heterocycles. The Morgan fingerprint density at radius 1 is 1.16 bits per heavy atom. The number of rotatable bonds is 5. The molecule has 1 atom stereocenters. The molecule has 0 aromatic carbocycles. The van der Waals surface area contributed by atoms with E-state index >= 15 is 0 Å². The molecule has 2 aliphatic heterocycles. The molecule has 2 fully saturated rings. The summed E-state index contributed by atoms with van der Waals surface area (Å²) in [5.74, 6) is 1.14. The molecule has 3 N–H and O–H groups in total. The summed E-state index contributed by atoms with van der Waals surface area (Å²) in [6.45, 7) is 7.16. The van der Waals surface area contributed by atoms with Crippen LogP contribution in [0.3, 0.4) is 0 Å². The summed E-state index contributed by atoms with van der Waals surface area (Å²) in [5, 5.41) is 14.0. The fourth-order valence-corrected chi connectivity index (χ4v) is 3.83. The SMILES string of the molecule is O=c1[nH]nc(CN2CCCC(c3[nH]ncc3CN3CCOCC3)C2)[nH]1. The van der Waals surface area contributed by atoms with Crippen molar-refractivity contribution in [1.29, 1.82) is 0 Å². The number of H-pyrrole nitrogens is 3. The van der Waals surface area contributed by atoms with Gasteiger partial charge in [0.25, 0.3) is 0 Å². The van der Waals surface area contributed by atoms with E-state index in [0.29, 0.717) is 18.3 Å². The normalized spacial score (nSPS) is 23.1. The average molecular weight is 347 g/mol. The number of nitrogens with zero attached hydrogens (tertiary/aromatic N) is 4. The Kier molecular flexibility index (Phi) is 4.95. The lowest BCUT2D eigenvalue weighted by Crippen LogP contribution is -2.37. The second-order valence-corrected chi connectivity index (χ2v) is 6.90. The number of hydrogen-bond acceptors (Lipinski definition) is 6. The van der Waals surface area contributed by atoms with Gasteiger partial charge < -0.3 is 4.74 Å². The Balaban J connectivity index is 1.41. The van der Waals surface area contributed by atoms with Crippen molar-refractivity contribution in [2.45, 2.75) is 31.8 Å². The van der Waals surface area contributed by atoms with Crippen LogP contribution in [0.25, 0.3) is 0 Å². The highest BCUT2D eigenvalue weighted by atomic mass is 16.5. The highest BCUT2D eigenvalue weighted by Crippen LogP contribution is 2.29. The summed E-state index contributed by atoms with van der Waals surface area (Å²) < 4.78 is 5.43. The third-order valence-electron chi connectivity index (χ3n) is 5.09. The second-order valence-electron chi connectivity index (χ2n) is 6.90. The van der Waals surface area contributed by atoms with Gasteiger partial charge in [0.1, 0.15) is 5.82 Å². The van der Waals surface area contributed by atoms with Crippen molar-refractivity contribution in [3.63, 3.8) is 0 Å². The lowest BCUT2D eigenvalue weighted by Gasteiger charge is -2.32. The third kappa shape index (κ3) is 4.00. The number of aromatic nitrogens is 5. The highest BCUT2D eigenvalue weighted by molar-refractivity contribution is 5.21. The van der Waals surface area contributed by atoms with Crippen LogP contribution in [0.1, 0.15) is 35.8 Å². The number of likely N-dealkylation sites (tertiary alicyclic amines) is 1. The predicted octanol–water partition coefficient (Wildman–Crippen LogP) is 0.0329. The van der Waals surface area contributed by atoms with Crippen molar-refractivity contribution in [2.75, 3.05) is 39.4 Å². The molecule has 2 aliphatic rings. The van der Waals surface area contributed by atoms with E-state index in [0.717, 1.165) is 58.8 Å². The summed E-state index contributed by atoms with van der Waals surface area (Å²) in [7, 11) is 0. The van der Waals surface area contributed by atoms with Crippen molar-refractivity contribution in [1.82, 2.24) is 35.2 Å². The minimum Gasteiger partial charge on any atom is -0.379 e. The fourth-order valence-electron chi connectivity index (χ4n) is 3.83. The van der Waals surface area contributed by atoms with Crippen LogP contribution < -0.4 is 5.69 Å². The van der Waals surface area contributed by atoms with Crippen LogP contribution in [0, 0.1) is 0 Å². The van der Waals surface area contributed by atoms with Gasteiger partial charge >= 0.3 is 5.69 Å². The summed E-state index contributed by atoms with van der Waals surface area (Å²) in [6.07, 6.45) is 4.26. The van der Waals surface area contributed by atoms with Gasteiger partial charge in [0.2, 0.25) is 0 Å². The molecule has 0 saturated carbocycles. The second kappa shape index (κ2) is 7.51. The molecule has 0 spiro atoms. The Morgan fingerprint density at radius 2 is 2.04 bits per heavy atom. The van der Waals surface area contributed by atoms with Gasteiger partial charge in [-0.15, -0.1) is 0 Å². The maximum absolute atomic E-state index is 11.2. The summed E-state index contributed by atoms with van der Waals surface area (Å²) >= 11 is 0. The van der Waals surface area contributed by atoms with Crippen LogP contribution in [-0.4, -0.2) is 74.6 Å². The summed E-state index contributed by atoms with van der Waals surface area (Å²) in [6, 6.07) is 0. The van der Waals surface area contributed by atoms with Gasteiger partial charge in [-0.2, -0.15) is 10.2 Å². The topological polar surface area (TPSA) is 106 Å². The maximum Gasteiger partial charge on any atom is 0.340 e.